The van der Waals surface area contributed by atoms with Crippen molar-refractivity contribution in [1.82, 2.24) is 9.78 Å². The van der Waals surface area contributed by atoms with Gasteiger partial charge in [-0.3, -0.25) is 4.68 Å². The van der Waals surface area contributed by atoms with E-state index in [1.165, 1.54) is 16.8 Å². The Kier molecular flexibility index (Phi) is 3.86. The standard InChI is InChI=1S/C12H13ClFN3O2S/c1-7-12(20(15,18)19)8(2)17(16-7)6-9-4-3-5-10(14)11(9)13/h3-5H,6H2,1-2H3,(H2,15,18,19). The molecule has 0 radical (unpaired) electrons. The van der Waals surface area contributed by atoms with E-state index in [1.807, 2.05) is 0 Å². The van der Waals surface area contributed by atoms with Crippen molar-refractivity contribution in [3.05, 3.63) is 46.0 Å². The maximum atomic E-state index is 13.4. The SMILES string of the molecule is Cc1nn(Cc2cccc(F)c2Cl)c(C)c1S(N)(=O)=O. The summed E-state index contributed by atoms with van der Waals surface area (Å²) >= 11 is 5.87. The Labute approximate surface area is 121 Å². The van der Waals surface area contributed by atoms with Gasteiger partial charge in [-0.1, -0.05) is 23.7 Å². The van der Waals surface area contributed by atoms with E-state index in [1.54, 1.807) is 19.9 Å². The first kappa shape index (κ1) is 15.0. The summed E-state index contributed by atoms with van der Waals surface area (Å²) in [5.74, 6) is -0.530. The Morgan fingerprint density at radius 2 is 2.05 bits per heavy atom. The quantitative estimate of drug-likeness (QED) is 0.940. The molecule has 1 aromatic heterocycles. The Morgan fingerprint density at radius 3 is 2.60 bits per heavy atom. The maximum Gasteiger partial charge on any atom is 0.241 e. The van der Waals surface area contributed by atoms with Crippen molar-refractivity contribution in [2.24, 2.45) is 5.14 Å². The van der Waals surface area contributed by atoms with Gasteiger partial charge in [0.1, 0.15) is 10.7 Å². The van der Waals surface area contributed by atoms with E-state index in [2.05, 4.69) is 5.10 Å². The lowest BCUT2D eigenvalue weighted by Crippen LogP contribution is -2.14. The first-order chi connectivity index (χ1) is 9.21. The normalized spacial score (nSPS) is 11.8. The van der Waals surface area contributed by atoms with Gasteiger partial charge in [0.2, 0.25) is 10.0 Å². The van der Waals surface area contributed by atoms with Crippen LogP contribution in [-0.2, 0) is 16.6 Å². The lowest BCUT2D eigenvalue weighted by molar-refractivity contribution is 0.595. The minimum atomic E-state index is -3.84. The number of hydrogen-bond donors (Lipinski definition) is 1. The van der Waals surface area contributed by atoms with Gasteiger partial charge in [-0.15, -0.1) is 0 Å². The highest BCUT2D eigenvalue weighted by atomic mass is 35.5. The van der Waals surface area contributed by atoms with Gasteiger partial charge in [-0.2, -0.15) is 5.10 Å². The average Bonchev–Trinajstić information content (AvgIpc) is 2.59. The van der Waals surface area contributed by atoms with Crippen LogP contribution >= 0.6 is 11.6 Å². The highest BCUT2D eigenvalue weighted by Gasteiger charge is 2.21. The fourth-order valence-corrected chi connectivity index (χ4v) is 3.23. The first-order valence-electron chi connectivity index (χ1n) is 5.71. The fourth-order valence-electron chi connectivity index (χ4n) is 2.08. The van der Waals surface area contributed by atoms with Crippen LogP contribution in [0.25, 0.3) is 0 Å². The van der Waals surface area contributed by atoms with Gasteiger partial charge in [0.25, 0.3) is 0 Å². The zero-order chi connectivity index (χ0) is 15.1. The lowest BCUT2D eigenvalue weighted by atomic mass is 10.2. The summed E-state index contributed by atoms with van der Waals surface area (Å²) in [6, 6.07) is 4.43. The zero-order valence-corrected chi connectivity index (χ0v) is 12.5. The predicted octanol–water partition coefficient (Wildman–Crippen LogP) is 1.99. The monoisotopic (exact) mass is 317 g/mol. The Morgan fingerprint density at radius 1 is 1.40 bits per heavy atom. The van der Waals surface area contributed by atoms with Gasteiger partial charge in [-0.05, 0) is 25.5 Å². The van der Waals surface area contributed by atoms with Crippen molar-refractivity contribution in [2.45, 2.75) is 25.3 Å². The summed E-state index contributed by atoms with van der Waals surface area (Å²) < 4.78 is 37.8. The van der Waals surface area contributed by atoms with Crippen LogP contribution in [-0.4, -0.2) is 18.2 Å². The molecule has 1 heterocycles. The molecule has 108 valence electrons. The molecule has 0 amide bonds. The van der Waals surface area contributed by atoms with Crippen LogP contribution in [0.3, 0.4) is 0 Å². The number of halogens is 2. The summed E-state index contributed by atoms with van der Waals surface area (Å²) in [6.07, 6.45) is 0. The van der Waals surface area contributed by atoms with Gasteiger partial charge in [0.15, 0.2) is 0 Å². The van der Waals surface area contributed by atoms with Crippen LogP contribution in [0, 0.1) is 19.7 Å². The van der Waals surface area contributed by atoms with E-state index in [0.29, 0.717) is 17.0 Å². The van der Waals surface area contributed by atoms with Crippen LogP contribution in [0.5, 0.6) is 0 Å². The molecule has 0 unspecified atom stereocenters. The molecule has 5 nitrogen and oxygen atoms in total. The summed E-state index contributed by atoms with van der Waals surface area (Å²) in [6.45, 7) is 3.31. The molecular weight excluding hydrogens is 305 g/mol. The number of rotatable bonds is 3. The fraction of sp³-hybridized carbons (Fsp3) is 0.250. The van der Waals surface area contributed by atoms with Gasteiger partial charge in [0.05, 0.1) is 23.0 Å². The highest BCUT2D eigenvalue weighted by molar-refractivity contribution is 7.89. The second kappa shape index (κ2) is 5.16. The van der Waals surface area contributed by atoms with E-state index in [0.717, 1.165) is 0 Å². The van der Waals surface area contributed by atoms with Gasteiger partial charge in [-0.25, -0.2) is 17.9 Å². The molecule has 0 saturated heterocycles. The molecule has 0 saturated carbocycles. The van der Waals surface area contributed by atoms with Crippen LogP contribution in [0.2, 0.25) is 5.02 Å². The third kappa shape index (κ3) is 2.70. The van der Waals surface area contributed by atoms with E-state index in [-0.39, 0.29) is 16.5 Å². The Balaban J connectivity index is 2.49. The number of aryl methyl sites for hydroxylation is 1. The van der Waals surface area contributed by atoms with Crippen molar-refractivity contribution in [3.8, 4) is 0 Å². The number of aromatic nitrogens is 2. The number of hydrogen-bond acceptors (Lipinski definition) is 3. The first-order valence-corrected chi connectivity index (χ1v) is 7.64. The topological polar surface area (TPSA) is 78.0 Å². The van der Waals surface area contributed by atoms with Crippen LogP contribution in [0.1, 0.15) is 17.0 Å². The molecular formula is C12H13ClFN3O2S. The van der Waals surface area contributed by atoms with E-state index < -0.39 is 15.8 Å². The van der Waals surface area contributed by atoms with Crippen LogP contribution in [0.4, 0.5) is 4.39 Å². The molecule has 0 aliphatic carbocycles. The number of sulfonamides is 1. The third-order valence-corrected chi connectivity index (χ3v) is 4.53. The summed E-state index contributed by atoms with van der Waals surface area (Å²) in [5, 5.41) is 9.27. The maximum absolute atomic E-state index is 13.4. The largest absolute Gasteiger partial charge is 0.264 e. The minimum Gasteiger partial charge on any atom is -0.264 e. The van der Waals surface area contributed by atoms with Crippen molar-refractivity contribution >= 4 is 21.6 Å². The molecule has 0 fully saturated rings. The number of benzene rings is 1. The second-order valence-electron chi connectivity index (χ2n) is 4.42. The van der Waals surface area contributed by atoms with Gasteiger partial charge < -0.3 is 0 Å². The van der Waals surface area contributed by atoms with Crippen molar-refractivity contribution in [3.63, 3.8) is 0 Å². The molecule has 20 heavy (non-hydrogen) atoms. The van der Waals surface area contributed by atoms with E-state index >= 15 is 0 Å². The van der Waals surface area contributed by atoms with Crippen molar-refractivity contribution in [1.29, 1.82) is 0 Å². The molecule has 0 aliphatic rings. The van der Waals surface area contributed by atoms with Crippen molar-refractivity contribution in [2.75, 3.05) is 0 Å². The molecule has 0 bridgehead atoms. The second-order valence-corrected chi connectivity index (χ2v) is 6.29. The van der Waals surface area contributed by atoms with Crippen LogP contribution in [0.15, 0.2) is 23.1 Å². The van der Waals surface area contributed by atoms with Gasteiger partial charge >= 0.3 is 0 Å². The highest BCUT2D eigenvalue weighted by Crippen LogP contribution is 2.23. The Hall–Kier alpha value is -1.44. The number of nitrogens with zero attached hydrogens (tertiary/aromatic N) is 2. The molecule has 2 rings (SSSR count). The number of primary sulfonamides is 1. The van der Waals surface area contributed by atoms with Crippen LogP contribution < -0.4 is 5.14 Å². The van der Waals surface area contributed by atoms with E-state index in [9.17, 15) is 12.8 Å². The lowest BCUT2D eigenvalue weighted by Gasteiger charge is -2.07. The molecule has 0 aliphatic heterocycles. The molecule has 0 spiro atoms. The minimum absolute atomic E-state index is 0.00258. The average molecular weight is 318 g/mol. The smallest absolute Gasteiger partial charge is 0.241 e. The number of nitrogens with two attached hydrogens (primary N) is 1. The van der Waals surface area contributed by atoms with Crippen molar-refractivity contribution < 1.29 is 12.8 Å². The summed E-state index contributed by atoms with van der Waals surface area (Å²) in [7, 11) is -3.84. The zero-order valence-electron chi connectivity index (χ0n) is 10.9. The van der Waals surface area contributed by atoms with Gasteiger partial charge in [0, 0.05) is 0 Å². The molecule has 0 atom stereocenters. The third-order valence-electron chi connectivity index (χ3n) is 2.95. The molecule has 2 aromatic rings. The molecule has 8 heteroatoms. The Bertz CT molecular complexity index is 771. The molecule has 1 aromatic carbocycles. The summed E-state index contributed by atoms with van der Waals surface area (Å²) in [4.78, 5) is -0.00924. The predicted molar refractivity (Wildman–Crippen MR) is 73.6 cm³/mol. The van der Waals surface area contributed by atoms with E-state index in [4.69, 9.17) is 16.7 Å². The molecule has 2 N–H and O–H groups in total. The summed E-state index contributed by atoms with van der Waals surface area (Å²) in [5.41, 5.74) is 1.21.